The number of carbonyl (C=O) groups is 2. The minimum atomic E-state index is -0.795. The van der Waals surface area contributed by atoms with Gasteiger partial charge in [-0.2, -0.15) is 0 Å². The quantitative estimate of drug-likeness (QED) is 0.885. The Morgan fingerprint density at radius 2 is 2.10 bits per heavy atom. The molecule has 2 amide bonds. The summed E-state index contributed by atoms with van der Waals surface area (Å²) in [6, 6.07) is 5.31. The molecule has 20 heavy (non-hydrogen) atoms. The average molecular weight is 358 g/mol. The molecule has 2 aliphatic rings. The van der Waals surface area contributed by atoms with E-state index in [0.717, 1.165) is 12.8 Å². The second kappa shape index (κ2) is 4.74. The first-order valence-corrected chi connectivity index (χ1v) is 7.67. The highest BCUT2D eigenvalue weighted by Crippen LogP contribution is 2.43. The molecule has 1 aromatic carbocycles. The van der Waals surface area contributed by atoms with Crippen LogP contribution in [0.5, 0.6) is 0 Å². The lowest BCUT2D eigenvalue weighted by molar-refractivity contribution is -0.136. The molecule has 0 bridgehead atoms. The molecule has 1 unspecified atom stereocenters. The Balaban J connectivity index is 2.02. The minimum Gasteiger partial charge on any atom is -0.340 e. The van der Waals surface area contributed by atoms with Gasteiger partial charge in [0, 0.05) is 0 Å². The van der Waals surface area contributed by atoms with Crippen molar-refractivity contribution in [1.82, 2.24) is 5.32 Å². The molecule has 0 aromatic heterocycles. The van der Waals surface area contributed by atoms with Crippen LogP contribution in [0.1, 0.15) is 19.8 Å². The van der Waals surface area contributed by atoms with Gasteiger partial charge in [-0.1, -0.05) is 17.7 Å². The number of rotatable bonds is 2. The second-order valence-electron chi connectivity index (χ2n) is 5.49. The fourth-order valence-corrected chi connectivity index (χ4v) is 3.36. The fraction of sp³-hybridized carbons (Fsp3) is 0.429. The van der Waals surface area contributed by atoms with Crippen LogP contribution < -0.4 is 10.2 Å². The Morgan fingerprint density at radius 1 is 1.40 bits per heavy atom. The molecule has 4 nitrogen and oxygen atoms in total. The van der Waals surface area contributed by atoms with Gasteiger partial charge in [-0.3, -0.25) is 14.5 Å². The maximum atomic E-state index is 12.8. The van der Waals surface area contributed by atoms with Gasteiger partial charge in [0.1, 0.15) is 12.1 Å². The molecule has 1 saturated carbocycles. The van der Waals surface area contributed by atoms with Crippen LogP contribution in [0.4, 0.5) is 5.69 Å². The number of piperazine rings is 1. The van der Waals surface area contributed by atoms with Crippen molar-refractivity contribution in [3.8, 4) is 0 Å². The highest BCUT2D eigenvalue weighted by atomic mass is 79.9. The molecule has 2 fully saturated rings. The summed E-state index contributed by atoms with van der Waals surface area (Å²) in [6.07, 6.45) is 1.96. The molecule has 1 N–H and O–H groups in total. The average Bonchev–Trinajstić information content (AvgIpc) is 3.22. The Labute approximate surface area is 130 Å². The summed E-state index contributed by atoms with van der Waals surface area (Å²) in [5.41, 5.74) is -0.152. The molecule has 1 saturated heterocycles. The third-order valence-electron chi connectivity index (χ3n) is 4.01. The van der Waals surface area contributed by atoms with Gasteiger partial charge < -0.3 is 5.32 Å². The zero-order chi connectivity index (χ0) is 14.5. The lowest BCUT2D eigenvalue weighted by Gasteiger charge is -2.40. The first-order chi connectivity index (χ1) is 9.43. The summed E-state index contributed by atoms with van der Waals surface area (Å²) >= 11 is 9.47. The highest BCUT2D eigenvalue weighted by Gasteiger charge is 2.53. The van der Waals surface area contributed by atoms with Crippen LogP contribution in [-0.4, -0.2) is 23.9 Å². The Hall–Kier alpha value is -1.07. The number of nitrogens with one attached hydrogen (secondary N) is 1. The number of amides is 2. The molecule has 1 aliphatic carbocycles. The molecular formula is C14H14BrClN2O2. The molecule has 1 atom stereocenters. The smallest absolute Gasteiger partial charge is 0.253 e. The molecule has 0 spiro atoms. The molecule has 106 valence electrons. The largest absolute Gasteiger partial charge is 0.340 e. The zero-order valence-electron chi connectivity index (χ0n) is 11.0. The van der Waals surface area contributed by atoms with Crippen molar-refractivity contribution < 1.29 is 9.59 Å². The number of hydrogen-bond donors (Lipinski definition) is 1. The fourth-order valence-electron chi connectivity index (χ4n) is 2.71. The molecule has 1 heterocycles. The summed E-state index contributed by atoms with van der Waals surface area (Å²) in [7, 11) is 0. The summed E-state index contributed by atoms with van der Waals surface area (Å²) < 4.78 is 0.642. The number of hydrogen-bond acceptors (Lipinski definition) is 2. The first kappa shape index (κ1) is 13.9. The van der Waals surface area contributed by atoms with Crippen LogP contribution in [0.3, 0.4) is 0 Å². The molecule has 0 radical (unpaired) electrons. The Bertz CT molecular complexity index is 603. The van der Waals surface area contributed by atoms with Crippen LogP contribution >= 0.6 is 27.5 Å². The van der Waals surface area contributed by atoms with E-state index in [1.807, 2.05) is 6.92 Å². The summed E-state index contributed by atoms with van der Waals surface area (Å²) in [6.45, 7) is 1.84. The standard InChI is InChI=1S/C14H14BrClN2O2/c1-14(8-5-6-8)13(20)18(7-11(19)17-14)10-4-2-3-9(16)12(10)15/h2-4,8H,5-7H2,1H3,(H,17,19). The van der Waals surface area contributed by atoms with Gasteiger partial charge in [-0.15, -0.1) is 0 Å². The van der Waals surface area contributed by atoms with Crippen LogP contribution in [0.15, 0.2) is 22.7 Å². The van der Waals surface area contributed by atoms with E-state index in [2.05, 4.69) is 21.2 Å². The topological polar surface area (TPSA) is 49.4 Å². The number of anilines is 1. The van der Waals surface area contributed by atoms with Gasteiger partial charge in [0.05, 0.1) is 15.2 Å². The van der Waals surface area contributed by atoms with Crippen molar-refractivity contribution in [2.24, 2.45) is 5.92 Å². The number of halogens is 2. The van der Waals surface area contributed by atoms with E-state index in [4.69, 9.17) is 11.6 Å². The SMILES string of the molecule is CC1(C2CC2)NC(=O)CN(c2cccc(Cl)c2Br)C1=O. The molecule has 1 aromatic rings. The van der Waals surface area contributed by atoms with Gasteiger partial charge >= 0.3 is 0 Å². The van der Waals surface area contributed by atoms with Crippen molar-refractivity contribution in [3.63, 3.8) is 0 Å². The van der Waals surface area contributed by atoms with Gasteiger partial charge in [-0.25, -0.2) is 0 Å². The van der Waals surface area contributed by atoms with Gasteiger partial charge in [0.25, 0.3) is 5.91 Å². The monoisotopic (exact) mass is 356 g/mol. The molecular weight excluding hydrogens is 344 g/mol. The number of carbonyl (C=O) groups excluding carboxylic acids is 2. The summed E-state index contributed by atoms with van der Waals surface area (Å²) in [5, 5.41) is 3.38. The van der Waals surface area contributed by atoms with Crippen LogP contribution in [0.2, 0.25) is 5.02 Å². The lowest BCUT2D eigenvalue weighted by atomic mass is 9.91. The highest BCUT2D eigenvalue weighted by molar-refractivity contribution is 9.10. The van der Waals surface area contributed by atoms with Crippen LogP contribution in [0.25, 0.3) is 0 Å². The van der Waals surface area contributed by atoms with Gasteiger partial charge in [0.2, 0.25) is 5.91 Å². The predicted molar refractivity (Wildman–Crippen MR) is 80.8 cm³/mol. The second-order valence-corrected chi connectivity index (χ2v) is 6.69. The Morgan fingerprint density at radius 3 is 2.75 bits per heavy atom. The maximum absolute atomic E-state index is 12.8. The van der Waals surface area contributed by atoms with E-state index in [1.165, 1.54) is 4.90 Å². The number of benzene rings is 1. The van der Waals surface area contributed by atoms with E-state index < -0.39 is 5.54 Å². The van der Waals surface area contributed by atoms with Gasteiger partial charge in [0.15, 0.2) is 0 Å². The normalized spacial score (nSPS) is 26.6. The van der Waals surface area contributed by atoms with Crippen molar-refractivity contribution in [3.05, 3.63) is 27.7 Å². The van der Waals surface area contributed by atoms with Crippen molar-refractivity contribution >= 4 is 45.0 Å². The van der Waals surface area contributed by atoms with Crippen LogP contribution in [0, 0.1) is 5.92 Å². The summed E-state index contributed by atoms with van der Waals surface area (Å²) in [5.74, 6) is 0.0353. The van der Waals surface area contributed by atoms with Gasteiger partial charge in [-0.05, 0) is 53.7 Å². The Kier molecular flexibility index (Phi) is 3.29. The van der Waals surface area contributed by atoms with Crippen molar-refractivity contribution in [2.45, 2.75) is 25.3 Å². The first-order valence-electron chi connectivity index (χ1n) is 6.50. The number of nitrogens with zero attached hydrogens (tertiary/aromatic N) is 1. The molecule has 6 heteroatoms. The summed E-state index contributed by atoms with van der Waals surface area (Å²) in [4.78, 5) is 26.3. The van der Waals surface area contributed by atoms with E-state index in [0.29, 0.717) is 15.2 Å². The van der Waals surface area contributed by atoms with Crippen molar-refractivity contribution in [1.29, 1.82) is 0 Å². The molecule has 3 rings (SSSR count). The van der Waals surface area contributed by atoms with Crippen LogP contribution in [-0.2, 0) is 9.59 Å². The molecule has 1 aliphatic heterocycles. The predicted octanol–water partition coefficient (Wildman–Crippen LogP) is 2.73. The van der Waals surface area contributed by atoms with E-state index in [1.54, 1.807) is 18.2 Å². The third kappa shape index (κ3) is 2.13. The van der Waals surface area contributed by atoms with E-state index >= 15 is 0 Å². The minimum absolute atomic E-state index is 0.0279. The zero-order valence-corrected chi connectivity index (χ0v) is 13.3. The third-order valence-corrected chi connectivity index (χ3v) is 5.38. The van der Waals surface area contributed by atoms with E-state index in [9.17, 15) is 9.59 Å². The maximum Gasteiger partial charge on any atom is 0.253 e. The lowest BCUT2D eigenvalue weighted by Crippen LogP contribution is -2.66. The van der Waals surface area contributed by atoms with E-state index in [-0.39, 0.29) is 24.3 Å². The van der Waals surface area contributed by atoms with Crippen molar-refractivity contribution in [2.75, 3.05) is 11.4 Å².